The van der Waals surface area contributed by atoms with E-state index >= 15 is 0 Å². The van der Waals surface area contributed by atoms with Crippen LogP contribution in [0.15, 0.2) is 42.5 Å². The second-order valence-electron chi connectivity index (χ2n) is 7.66. The molecule has 4 rings (SSSR count). The standard InChI is InChI=1S/C23H23Cl2N3O2S2/c1-15-2-6-21(31-15)23(30)28-10-8-27(9-11-28)14-18-5-7-20(32-18)22(29)26-13-16-3-4-17(24)12-19(16)25/h2-7,12H,8-11,13-14H2,1H3,(H,26,29). The van der Waals surface area contributed by atoms with Gasteiger partial charge in [0.15, 0.2) is 0 Å². The molecule has 0 atom stereocenters. The van der Waals surface area contributed by atoms with E-state index in [2.05, 4.69) is 10.2 Å². The van der Waals surface area contributed by atoms with Crippen LogP contribution in [0.4, 0.5) is 0 Å². The average Bonchev–Trinajstić information content (AvgIpc) is 3.42. The van der Waals surface area contributed by atoms with Crippen LogP contribution in [0.25, 0.3) is 0 Å². The molecular weight excluding hydrogens is 485 g/mol. The van der Waals surface area contributed by atoms with Crippen LogP contribution in [-0.4, -0.2) is 47.8 Å². The number of hydrogen-bond donors (Lipinski definition) is 1. The van der Waals surface area contributed by atoms with E-state index in [1.807, 2.05) is 42.2 Å². The van der Waals surface area contributed by atoms with Crippen LogP contribution in [-0.2, 0) is 13.1 Å². The number of aryl methyl sites for hydroxylation is 1. The third kappa shape index (κ3) is 5.71. The Bertz CT molecular complexity index is 1120. The van der Waals surface area contributed by atoms with Crippen molar-refractivity contribution >= 4 is 57.7 Å². The number of thiophene rings is 2. The van der Waals surface area contributed by atoms with Crippen molar-refractivity contribution < 1.29 is 9.59 Å². The molecule has 0 unspecified atom stereocenters. The topological polar surface area (TPSA) is 52.7 Å². The minimum Gasteiger partial charge on any atom is -0.347 e. The maximum atomic E-state index is 12.6. The molecule has 2 amide bonds. The Balaban J connectivity index is 1.26. The molecule has 1 N–H and O–H groups in total. The minimum atomic E-state index is -0.117. The molecule has 1 aliphatic rings. The zero-order valence-electron chi connectivity index (χ0n) is 17.6. The average molecular weight is 508 g/mol. The first-order valence-electron chi connectivity index (χ1n) is 10.3. The van der Waals surface area contributed by atoms with Gasteiger partial charge in [0.25, 0.3) is 11.8 Å². The Morgan fingerprint density at radius 1 is 0.969 bits per heavy atom. The maximum absolute atomic E-state index is 12.6. The van der Waals surface area contributed by atoms with E-state index in [4.69, 9.17) is 23.2 Å². The first-order chi connectivity index (χ1) is 15.4. The molecule has 2 aromatic heterocycles. The van der Waals surface area contributed by atoms with Gasteiger partial charge in [-0.25, -0.2) is 0 Å². The Morgan fingerprint density at radius 3 is 2.41 bits per heavy atom. The Kier molecular flexibility index (Phi) is 7.53. The van der Waals surface area contributed by atoms with Gasteiger partial charge >= 0.3 is 0 Å². The highest BCUT2D eigenvalue weighted by molar-refractivity contribution is 7.14. The number of nitrogens with zero attached hydrogens (tertiary/aromatic N) is 2. The van der Waals surface area contributed by atoms with Crippen molar-refractivity contribution in [3.8, 4) is 0 Å². The predicted octanol–water partition coefficient (Wildman–Crippen LogP) is 5.31. The molecule has 1 saturated heterocycles. The zero-order valence-corrected chi connectivity index (χ0v) is 20.7. The second-order valence-corrected chi connectivity index (χ2v) is 11.0. The first kappa shape index (κ1) is 23.3. The van der Waals surface area contributed by atoms with Crippen LogP contribution in [0.2, 0.25) is 10.0 Å². The molecule has 3 aromatic rings. The molecule has 1 aliphatic heterocycles. The van der Waals surface area contributed by atoms with Crippen LogP contribution in [0, 0.1) is 6.92 Å². The SMILES string of the molecule is Cc1ccc(C(=O)N2CCN(Cc3ccc(C(=O)NCc4ccc(Cl)cc4Cl)s3)CC2)s1. The van der Waals surface area contributed by atoms with Gasteiger partial charge in [0, 0.05) is 59.1 Å². The fourth-order valence-electron chi connectivity index (χ4n) is 3.55. The molecule has 32 heavy (non-hydrogen) atoms. The quantitative estimate of drug-likeness (QED) is 0.491. The van der Waals surface area contributed by atoms with Gasteiger partial charge in [0.1, 0.15) is 0 Å². The molecule has 0 spiro atoms. The molecule has 0 radical (unpaired) electrons. The van der Waals surface area contributed by atoms with Crippen LogP contribution >= 0.6 is 45.9 Å². The fourth-order valence-corrected chi connectivity index (χ4v) is 5.82. The summed E-state index contributed by atoms with van der Waals surface area (Å²) < 4.78 is 0. The Hall–Kier alpha value is -1.90. The fraction of sp³-hybridized carbons (Fsp3) is 0.304. The lowest BCUT2D eigenvalue weighted by molar-refractivity contribution is 0.0634. The van der Waals surface area contributed by atoms with Gasteiger partial charge in [-0.1, -0.05) is 29.3 Å². The zero-order chi connectivity index (χ0) is 22.7. The van der Waals surface area contributed by atoms with Gasteiger partial charge < -0.3 is 10.2 Å². The van der Waals surface area contributed by atoms with Crippen molar-refractivity contribution in [1.82, 2.24) is 15.1 Å². The van der Waals surface area contributed by atoms with E-state index in [1.54, 1.807) is 23.5 Å². The number of rotatable bonds is 6. The predicted molar refractivity (Wildman–Crippen MR) is 132 cm³/mol. The molecule has 0 aliphatic carbocycles. The molecule has 0 bridgehead atoms. The van der Waals surface area contributed by atoms with Crippen LogP contribution in [0.1, 0.15) is 34.7 Å². The molecule has 168 valence electrons. The van der Waals surface area contributed by atoms with Crippen molar-refractivity contribution in [3.63, 3.8) is 0 Å². The van der Waals surface area contributed by atoms with Gasteiger partial charge in [-0.2, -0.15) is 0 Å². The molecule has 1 aromatic carbocycles. The third-order valence-electron chi connectivity index (χ3n) is 5.33. The van der Waals surface area contributed by atoms with E-state index in [9.17, 15) is 9.59 Å². The highest BCUT2D eigenvalue weighted by Gasteiger charge is 2.23. The number of nitrogens with one attached hydrogen (secondary N) is 1. The highest BCUT2D eigenvalue weighted by Crippen LogP contribution is 2.23. The van der Waals surface area contributed by atoms with E-state index in [1.165, 1.54) is 11.3 Å². The summed E-state index contributed by atoms with van der Waals surface area (Å²) in [6.07, 6.45) is 0. The molecule has 1 fully saturated rings. The van der Waals surface area contributed by atoms with Crippen LogP contribution in [0.3, 0.4) is 0 Å². The number of piperazine rings is 1. The highest BCUT2D eigenvalue weighted by atomic mass is 35.5. The van der Waals surface area contributed by atoms with Crippen molar-refractivity contribution in [3.05, 3.63) is 77.6 Å². The lowest BCUT2D eigenvalue weighted by Gasteiger charge is -2.34. The number of carbonyl (C=O) groups excluding carboxylic acids is 2. The van der Waals surface area contributed by atoms with Crippen molar-refractivity contribution in [1.29, 1.82) is 0 Å². The largest absolute Gasteiger partial charge is 0.347 e. The van der Waals surface area contributed by atoms with Crippen LogP contribution in [0.5, 0.6) is 0 Å². The Morgan fingerprint density at radius 2 is 1.72 bits per heavy atom. The maximum Gasteiger partial charge on any atom is 0.264 e. The summed E-state index contributed by atoms with van der Waals surface area (Å²) in [7, 11) is 0. The molecule has 3 heterocycles. The normalized spacial score (nSPS) is 14.5. The summed E-state index contributed by atoms with van der Waals surface area (Å²) in [4.78, 5) is 33.2. The van der Waals surface area contributed by atoms with Crippen LogP contribution < -0.4 is 5.32 Å². The third-order valence-corrected chi connectivity index (χ3v) is 7.97. The summed E-state index contributed by atoms with van der Waals surface area (Å²) in [5, 5.41) is 4.02. The van der Waals surface area contributed by atoms with E-state index in [0.717, 1.165) is 52.9 Å². The Labute approximate surface area is 205 Å². The van der Waals surface area contributed by atoms with E-state index < -0.39 is 0 Å². The molecule has 0 saturated carbocycles. The summed E-state index contributed by atoms with van der Waals surface area (Å²) in [6, 6.07) is 13.0. The second kappa shape index (κ2) is 10.4. The smallest absolute Gasteiger partial charge is 0.264 e. The summed E-state index contributed by atoms with van der Waals surface area (Å²) in [5.41, 5.74) is 0.825. The lowest BCUT2D eigenvalue weighted by atomic mass is 10.2. The van der Waals surface area contributed by atoms with Gasteiger partial charge in [-0.05, 0) is 48.9 Å². The number of benzene rings is 1. The molecule has 5 nitrogen and oxygen atoms in total. The number of carbonyl (C=O) groups is 2. The van der Waals surface area contributed by atoms with E-state index in [0.29, 0.717) is 21.5 Å². The first-order valence-corrected chi connectivity index (χ1v) is 12.7. The lowest BCUT2D eigenvalue weighted by Crippen LogP contribution is -2.48. The molecular formula is C23H23Cl2N3O2S2. The van der Waals surface area contributed by atoms with Gasteiger partial charge in [0.05, 0.1) is 9.75 Å². The summed E-state index contributed by atoms with van der Waals surface area (Å²) in [6.45, 7) is 6.23. The van der Waals surface area contributed by atoms with Gasteiger partial charge in [-0.15, -0.1) is 22.7 Å². The summed E-state index contributed by atoms with van der Waals surface area (Å²) >= 11 is 15.1. The number of hydrogen-bond acceptors (Lipinski definition) is 5. The number of amides is 2. The van der Waals surface area contributed by atoms with Crippen molar-refractivity contribution in [2.45, 2.75) is 20.0 Å². The number of halogens is 2. The van der Waals surface area contributed by atoms with Crippen molar-refractivity contribution in [2.24, 2.45) is 0 Å². The van der Waals surface area contributed by atoms with Gasteiger partial charge in [-0.3, -0.25) is 14.5 Å². The monoisotopic (exact) mass is 507 g/mol. The van der Waals surface area contributed by atoms with E-state index in [-0.39, 0.29) is 11.8 Å². The van der Waals surface area contributed by atoms with Gasteiger partial charge in [0.2, 0.25) is 0 Å². The molecule has 9 heteroatoms. The minimum absolute atomic E-state index is 0.117. The summed E-state index contributed by atoms with van der Waals surface area (Å²) in [5.74, 6) is 0.00699. The van der Waals surface area contributed by atoms with Crippen molar-refractivity contribution in [2.75, 3.05) is 26.2 Å².